The molecular weight excluding hydrogens is 369 g/mol. The maximum atomic E-state index is 12.7. The highest BCUT2D eigenvalue weighted by atomic mass is 127. The van der Waals surface area contributed by atoms with Gasteiger partial charge in [-0.2, -0.15) is 0 Å². The van der Waals surface area contributed by atoms with Gasteiger partial charge in [0.1, 0.15) is 0 Å². The van der Waals surface area contributed by atoms with Crippen molar-refractivity contribution >= 4 is 40.1 Å². The minimum atomic E-state index is -0.628. The van der Waals surface area contributed by atoms with Gasteiger partial charge >= 0.3 is 0 Å². The van der Waals surface area contributed by atoms with Gasteiger partial charge < -0.3 is 4.74 Å². The Labute approximate surface area is 129 Å². The fourth-order valence-electron chi connectivity index (χ4n) is 3.52. The molecule has 1 aromatic carbocycles. The smallest absolute Gasteiger partial charge is 0.241 e. The molecule has 0 spiro atoms. The van der Waals surface area contributed by atoms with Crippen LogP contribution in [0.1, 0.15) is 6.92 Å². The molecule has 2 fully saturated rings. The number of carbonyl (C=O) groups is 2. The highest BCUT2D eigenvalue weighted by Gasteiger charge is 2.66. The molecule has 3 aliphatic rings. The number of ether oxygens (including phenoxy) is 1. The number of amides is 2. The van der Waals surface area contributed by atoms with E-state index in [4.69, 9.17) is 4.74 Å². The number of rotatable bonds is 1. The molecular formula is C15H12INO3. The summed E-state index contributed by atoms with van der Waals surface area (Å²) in [6, 6.07) is 7.46. The molecule has 4 atom stereocenters. The number of carbonyl (C=O) groups excluding carboxylic acids is 2. The molecule has 4 rings (SSSR count). The third-order valence-corrected chi connectivity index (χ3v) is 5.33. The summed E-state index contributed by atoms with van der Waals surface area (Å²) in [4.78, 5) is 26.7. The third kappa shape index (κ3) is 1.39. The van der Waals surface area contributed by atoms with Crippen molar-refractivity contribution in [3.05, 3.63) is 40.0 Å². The molecule has 0 aromatic heterocycles. The minimum Gasteiger partial charge on any atom is -0.362 e. The number of hydrogen-bond donors (Lipinski definition) is 0. The lowest BCUT2D eigenvalue weighted by molar-refractivity contribution is -0.126. The van der Waals surface area contributed by atoms with Gasteiger partial charge in [-0.25, -0.2) is 4.90 Å². The van der Waals surface area contributed by atoms with Crippen molar-refractivity contribution in [2.75, 3.05) is 4.90 Å². The van der Waals surface area contributed by atoms with E-state index in [1.165, 1.54) is 4.90 Å². The molecule has 2 amide bonds. The zero-order valence-corrected chi connectivity index (χ0v) is 12.9. The van der Waals surface area contributed by atoms with Crippen LogP contribution in [0.25, 0.3) is 0 Å². The molecule has 102 valence electrons. The maximum Gasteiger partial charge on any atom is 0.241 e. The van der Waals surface area contributed by atoms with Gasteiger partial charge in [0.2, 0.25) is 11.8 Å². The van der Waals surface area contributed by atoms with Gasteiger partial charge in [0.05, 0.1) is 29.2 Å². The van der Waals surface area contributed by atoms with Crippen molar-refractivity contribution in [3.8, 4) is 0 Å². The Morgan fingerprint density at radius 1 is 1.25 bits per heavy atom. The van der Waals surface area contributed by atoms with Crippen LogP contribution < -0.4 is 4.90 Å². The lowest BCUT2D eigenvalue weighted by Crippen LogP contribution is -2.38. The number of anilines is 1. The topological polar surface area (TPSA) is 46.6 Å². The van der Waals surface area contributed by atoms with E-state index in [9.17, 15) is 9.59 Å². The number of para-hydroxylation sites is 1. The summed E-state index contributed by atoms with van der Waals surface area (Å²) in [5, 5.41) is 0. The van der Waals surface area contributed by atoms with Gasteiger partial charge in [-0.05, 0) is 41.6 Å². The Hall–Kier alpha value is -1.21. The summed E-state index contributed by atoms with van der Waals surface area (Å²) in [6.45, 7) is 1.89. The van der Waals surface area contributed by atoms with Gasteiger partial charge in [-0.3, -0.25) is 9.59 Å². The first kappa shape index (κ1) is 12.5. The van der Waals surface area contributed by atoms with Crippen LogP contribution in [0.3, 0.4) is 0 Å². The summed E-state index contributed by atoms with van der Waals surface area (Å²) in [5.41, 5.74) is 0.0531. The molecule has 3 heterocycles. The van der Waals surface area contributed by atoms with E-state index in [0.29, 0.717) is 5.69 Å². The van der Waals surface area contributed by atoms with E-state index in [-0.39, 0.29) is 29.8 Å². The Morgan fingerprint density at radius 2 is 2.00 bits per heavy atom. The molecule has 2 bridgehead atoms. The zero-order chi connectivity index (χ0) is 14.1. The van der Waals surface area contributed by atoms with Crippen LogP contribution in [0.2, 0.25) is 0 Å². The molecule has 3 aliphatic heterocycles. The molecule has 0 aliphatic carbocycles. The average molecular weight is 381 g/mol. The Bertz CT molecular complexity index is 671. The van der Waals surface area contributed by atoms with E-state index in [0.717, 1.165) is 3.57 Å². The van der Waals surface area contributed by atoms with Crippen LogP contribution in [0.15, 0.2) is 36.4 Å². The Morgan fingerprint density at radius 3 is 2.70 bits per heavy atom. The summed E-state index contributed by atoms with van der Waals surface area (Å²) in [6.07, 6.45) is 3.57. The van der Waals surface area contributed by atoms with E-state index in [1.807, 2.05) is 43.3 Å². The predicted molar refractivity (Wildman–Crippen MR) is 81.1 cm³/mol. The van der Waals surface area contributed by atoms with Crippen LogP contribution >= 0.6 is 22.6 Å². The Balaban J connectivity index is 1.82. The lowest BCUT2D eigenvalue weighted by atomic mass is 9.78. The second-order valence-electron chi connectivity index (χ2n) is 5.59. The number of fused-ring (bicyclic) bond motifs is 5. The van der Waals surface area contributed by atoms with Crippen molar-refractivity contribution in [2.45, 2.75) is 18.6 Å². The van der Waals surface area contributed by atoms with Crippen LogP contribution in [0.5, 0.6) is 0 Å². The standard InChI is InChI=1S/C15H12INO3/c1-15-7-6-10(20-15)11-12(15)14(19)17(13(11)18)9-5-3-2-4-8(9)16/h2-7,10-12H,1H3/t10-,11-,12-,15+/m1/s1. The largest absolute Gasteiger partial charge is 0.362 e. The summed E-state index contributed by atoms with van der Waals surface area (Å²) in [7, 11) is 0. The van der Waals surface area contributed by atoms with Crippen molar-refractivity contribution in [1.29, 1.82) is 0 Å². The summed E-state index contributed by atoms with van der Waals surface area (Å²) >= 11 is 2.15. The highest BCUT2D eigenvalue weighted by Crippen LogP contribution is 2.52. The lowest BCUT2D eigenvalue weighted by Gasteiger charge is -2.24. The molecule has 5 heteroatoms. The molecule has 20 heavy (non-hydrogen) atoms. The maximum absolute atomic E-state index is 12.7. The average Bonchev–Trinajstić information content (AvgIpc) is 3.01. The first-order valence-corrected chi connectivity index (χ1v) is 7.60. The first-order valence-electron chi connectivity index (χ1n) is 6.52. The van der Waals surface area contributed by atoms with Crippen LogP contribution in [0.4, 0.5) is 5.69 Å². The molecule has 2 saturated heterocycles. The normalized spacial score (nSPS) is 37.9. The second kappa shape index (κ2) is 3.92. The van der Waals surface area contributed by atoms with Crippen molar-refractivity contribution in [2.24, 2.45) is 11.8 Å². The van der Waals surface area contributed by atoms with Crippen LogP contribution in [0, 0.1) is 15.4 Å². The van der Waals surface area contributed by atoms with E-state index in [1.54, 1.807) is 0 Å². The van der Waals surface area contributed by atoms with E-state index >= 15 is 0 Å². The predicted octanol–water partition coefficient (Wildman–Crippen LogP) is 2.12. The molecule has 0 N–H and O–H groups in total. The second-order valence-corrected chi connectivity index (χ2v) is 6.75. The molecule has 0 saturated carbocycles. The van der Waals surface area contributed by atoms with Gasteiger partial charge in [0.15, 0.2) is 0 Å². The van der Waals surface area contributed by atoms with E-state index in [2.05, 4.69) is 22.6 Å². The number of hydrogen-bond acceptors (Lipinski definition) is 3. The molecule has 4 nitrogen and oxygen atoms in total. The van der Waals surface area contributed by atoms with Crippen molar-refractivity contribution in [1.82, 2.24) is 0 Å². The van der Waals surface area contributed by atoms with Crippen molar-refractivity contribution < 1.29 is 14.3 Å². The minimum absolute atomic E-state index is 0.137. The summed E-state index contributed by atoms with van der Waals surface area (Å²) < 4.78 is 6.70. The molecule has 0 unspecified atom stereocenters. The van der Waals surface area contributed by atoms with Crippen LogP contribution in [-0.4, -0.2) is 23.5 Å². The van der Waals surface area contributed by atoms with Gasteiger partial charge in [-0.15, -0.1) is 0 Å². The third-order valence-electron chi connectivity index (χ3n) is 4.42. The van der Waals surface area contributed by atoms with Crippen molar-refractivity contribution in [3.63, 3.8) is 0 Å². The highest BCUT2D eigenvalue weighted by molar-refractivity contribution is 14.1. The van der Waals surface area contributed by atoms with Gasteiger partial charge in [0, 0.05) is 3.57 Å². The Kier molecular flexibility index (Phi) is 2.45. The first-order chi connectivity index (χ1) is 9.53. The molecule has 0 radical (unpaired) electrons. The SMILES string of the molecule is C[C@@]12C=C[C@@H](O1)[C@H]1C(=O)N(c3ccccc3I)C(=O)[C@@H]12. The van der Waals surface area contributed by atoms with E-state index < -0.39 is 5.60 Å². The quantitative estimate of drug-likeness (QED) is 0.426. The number of halogens is 1. The van der Waals surface area contributed by atoms with Gasteiger partial charge in [0.25, 0.3) is 0 Å². The van der Waals surface area contributed by atoms with Gasteiger partial charge in [-0.1, -0.05) is 24.3 Å². The monoisotopic (exact) mass is 381 g/mol. The molecule has 1 aromatic rings. The number of benzene rings is 1. The summed E-state index contributed by atoms with van der Waals surface area (Å²) in [5.74, 6) is -1.03. The number of imide groups is 1. The van der Waals surface area contributed by atoms with Crippen LogP contribution in [-0.2, 0) is 14.3 Å². The fourth-order valence-corrected chi connectivity index (χ4v) is 4.15. The fraction of sp³-hybridized carbons (Fsp3) is 0.333. The zero-order valence-electron chi connectivity index (χ0n) is 10.7. The number of nitrogens with zero attached hydrogens (tertiary/aromatic N) is 1.